The maximum Gasteiger partial charge on any atom is 0.255 e. The highest BCUT2D eigenvalue weighted by Crippen LogP contribution is 2.17. The summed E-state index contributed by atoms with van der Waals surface area (Å²) in [7, 11) is 0. The van der Waals surface area contributed by atoms with Gasteiger partial charge in [-0.15, -0.1) is 0 Å². The molecule has 1 aromatic carbocycles. The van der Waals surface area contributed by atoms with E-state index in [-0.39, 0.29) is 11.7 Å². The number of anilines is 1. The number of amides is 1. The molecule has 0 spiro atoms. The van der Waals surface area contributed by atoms with Gasteiger partial charge in [0.05, 0.1) is 12.3 Å². The van der Waals surface area contributed by atoms with Gasteiger partial charge in [0, 0.05) is 23.4 Å². The highest BCUT2D eigenvalue weighted by molar-refractivity contribution is 6.09. The van der Waals surface area contributed by atoms with Crippen LogP contribution in [0.3, 0.4) is 0 Å². The number of aromatic nitrogens is 1. The van der Waals surface area contributed by atoms with Crippen LogP contribution < -0.4 is 10.1 Å². The lowest BCUT2D eigenvalue weighted by molar-refractivity contribution is 0.101. The first-order chi connectivity index (χ1) is 10.1. The number of Topliss-reactive ketones (excluding diaryl/α,β-unsaturated/α-hetero) is 1. The van der Waals surface area contributed by atoms with Crippen molar-refractivity contribution in [3.05, 3.63) is 53.7 Å². The van der Waals surface area contributed by atoms with Gasteiger partial charge in [0.25, 0.3) is 5.91 Å². The maximum atomic E-state index is 12.2. The van der Waals surface area contributed by atoms with Gasteiger partial charge in [-0.3, -0.25) is 9.59 Å². The molecular weight excluding hydrogens is 268 g/mol. The Kier molecular flexibility index (Phi) is 4.66. The molecule has 0 saturated carbocycles. The molecule has 5 heteroatoms. The molecule has 0 bridgehead atoms. The highest BCUT2D eigenvalue weighted by Gasteiger charge is 2.12. The summed E-state index contributed by atoms with van der Waals surface area (Å²) >= 11 is 0. The highest BCUT2D eigenvalue weighted by atomic mass is 16.5. The van der Waals surface area contributed by atoms with E-state index in [1.54, 1.807) is 36.4 Å². The van der Waals surface area contributed by atoms with E-state index in [0.29, 0.717) is 29.3 Å². The number of hydrogen-bond acceptors (Lipinski definition) is 4. The molecule has 1 N–H and O–H groups in total. The molecule has 0 aliphatic rings. The van der Waals surface area contributed by atoms with E-state index < -0.39 is 0 Å². The van der Waals surface area contributed by atoms with Crippen LogP contribution >= 0.6 is 0 Å². The Labute approximate surface area is 123 Å². The fourth-order valence-electron chi connectivity index (χ4n) is 1.87. The average Bonchev–Trinajstić information content (AvgIpc) is 2.48. The van der Waals surface area contributed by atoms with Gasteiger partial charge < -0.3 is 10.1 Å². The SMILES string of the molecule is CCOc1cc(C(=O)Nc2ccccc2C(C)=O)ccn1. The fourth-order valence-corrected chi connectivity index (χ4v) is 1.87. The molecule has 1 heterocycles. The summed E-state index contributed by atoms with van der Waals surface area (Å²) in [5, 5.41) is 2.73. The Bertz CT molecular complexity index is 668. The van der Waals surface area contributed by atoms with Gasteiger partial charge in [-0.1, -0.05) is 12.1 Å². The zero-order valence-corrected chi connectivity index (χ0v) is 11.9. The van der Waals surface area contributed by atoms with E-state index >= 15 is 0 Å². The Balaban J connectivity index is 2.22. The number of hydrogen-bond donors (Lipinski definition) is 1. The van der Waals surface area contributed by atoms with Gasteiger partial charge in [-0.2, -0.15) is 0 Å². The van der Waals surface area contributed by atoms with Crippen LogP contribution in [0.5, 0.6) is 5.88 Å². The molecule has 0 fully saturated rings. The molecule has 1 aromatic heterocycles. The molecule has 2 rings (SSSR count). The molecule has 21 heavy (non-hydrogen) atoms. The average molecular weight is 284 g/mol. The van der Waals surface area contributed by atoms with Gasteiger partial charge in [0.2, 0.25) is 5.88 Å². The third kappa shape index (κ3) is 3.66. The number of rotatable bonds is 5. The second kappa shape index (κ2) is 6.65. The third-order valence-corrected chi connectivity index (χ3v) is 2.84. The van der Waals surface area contributed by atoms with Gasteiger partial charge in [0.15, 0.2) is 5.78 Å². The van der Waals surface area contributed by atoms with Crippen LogP contribution in [-0.4, -0.2) is 23.3 Å². The van der Waals surface area contributed by atoms with Crippen LogP contribution in [-0.2, 0) is 0 Å². The minimum atomic E-state index is -0.313. The first-order valence-electron chi connectivity index (χ1n) is 6.62. The fraction of sp³-hybridized carbons (Fsp3) is 0.188. The van der Waals surface area contributed by atoms with Crippen molar-refractivity contribution in [1.29, 1.82) is 0 Å². The predicted molar refractivity (Wildman–Crippen MR) is 79.8 cm³/mol. The van der Waals surface area contributed by atoms with Crippen molar-refractivity contribution in [2.24, 2.45) is 0 Å². The van der Waals surface area contributed by atoms with Crippen LogP contribution in [0.1, 0.15) is 34.6 Å². The zero-order valence-electron chi connectivity index (χ0n) is 11.9. The second-order valence-electron chi connectivity index (χ2n) is 4.37. The van der Waals surface area contributed by atoms with Gasteiger partial charge >= 0.3 is 0 Å². The number of para-hydroxylation sites is 1. The number of pyridine rings is 1. The Morgan fingerprint density at radius 1 is 1.24 bits per heavy atom. The van der Waals surface area contributed by atoms with Crippen molar-refractivity contribution < 1.29 is 14.3 Å². The van der Waals surface area contributed by atoms with Crippen molar-refractivity contribution in [3.63, 3.8) is 0 Å². The van der Waals surface area contributed by atoms with E-state index in [0.717, 1.165) is 0 Å². The van der Waals surface area contributed by atoms with Crippen molar-refractivity contribution in [2.45, 2.75) is 13.8 Å². The van der Waals surface area contributed by atoms with Gasteiger partial charge in [-0.05, 0) is 32.0 Å². The molecule has 108 valence electrons. The minimum Gasteiger partial charge on any atom is -0.478 e. The molecular formula is C16H16N2O3. The first-order valence-corrected chi connectivity index (χ1v) is 6.62. The summed E-state index contributed by atoms with van der Waals surface area (Å²) in [6.07, 6.45) is 1.51. The molecule has 0 unspecified atom stereocenters. The Morgan fingerprint density at radius 3 is 2.71 bits per heavy atom. The smallest absolute Gasteiger partial charge is 0.255 e. The van der Waals surface area contributed by atoms with Crippen LogP contribution in [0.4, 0.5) is 5.69 Å². The summed E-state index contributed by atoms with van der Waals surface area (Å²) in [5.41, 5.74) is 1.39. The second-order valence-corrected chi connectivity index (χ2v) is 4.37. The standard InChI is InChI=1S/C16H16N2O3/c1-3-21-15-10-12(8-9-17-15)16(20)18-14-7-5-4-6-13(14)11(2)19/h4-10H,3H2,1-2H3,(H,18,20). The number of carbonyl (C=O) groups is 2. The minimum absolute atomic E-state index is 0.101. The molecule has 2 aromatic rings. The summed E-state index contributed by atoms with van der Waals surface area (Å²) in [6.45, 7) is 3.79. The van der Waals surface area contributed by atoms with E-state index in [9.17, 15) is 9.59 Å². The van der Waals surface area contributed by atoms with E-state index in [4.69, 9.17) is 4.74 Å². The molecule has 5 nitrogen and oxygen atoms in total. The first kappa shape index (κ1) is 14.7. The number of nitrogens with zero attached hydrogens (tertiary/aromatic N) is 1. The number of ether oxygens (including phenoxy) is 1. The van der Waals surface area contributed by atoms with E-state index in [1.807, 2.05) is 6.92 Å². The topological polar surface area (TPSA) is 68.3 Å². The van der Waals surface area contributed by atoms with Crippen molar-refractivity contribution in [2.75, 3.05) is 11.9 Å². The third-order valence-electron chi connectivity index (χ3n) is 2.84. The van der Waals surface area contributed by atoms with E-state index in [2.05, 4.69) is 10.3 Å². The zero-order chi connectivity index (χ0) is 15.2. The summed E-state index contributed by atoms with van der Waals surface area (Å²) in [5.74, 6) is -0.0207. The van der Waals surface area contributed by atoms with Gasteiger partial charge in [0.1, 0.15) is 0 Å². The lowest BCUT2D eigenvalue weighted by Crippen LogP contribution is -2.14. The molecule has 0 saturated heterocycles. The lowest BCUT2D eigenvalue weighted by Gasteiger charge is -2.09. The van der Waals surface area contributed by atoms with Crippen LogP contribution in [0.25, 0.3) is 0 Å². The quantitative estimate of drug-likeness (QED) is 0.857. The Hall–Kier alpha value is -2.69. The summed E-state index contributed by atoms with van der Waals surface area (Å²) in [4.78, 5) is 27.8. The molecule has 0 aliphatic carbocycles. The van der Waals surface area contributed by atoms with Crippen LogP contribution in [0, 0.1) is 0 Å². The van der Waals surface area contributed by atoms with Crippen LogP contribution in [0.15, 0.2) is 42.6 Å². The summed E-state index contributed by atoms with van der Waals surface area (Å²) < 4.78 is 5.26. The largest absolute Gasteiger partial charge is 0.478 e. The molecule has 0 radical (unpaired) electrons. The molecule has 0 atom stereocenters. The number of carbonyl (C=O) groups excluding carboxylic acids is 2. The van der Waals surface area contributed by atoms with Crippen molar-refractivity contribution in [3.8, 4) is 5.88 Å². The maximum absolute atomic E-state index is 12.2. The number of nitrogens with one attached hydrogen (secondary N) is 1. The normalized spacial score (nSPS) is 10.0. The van der Waals surface area contributed by atoms with Crippen LogP contribution in [0.2, 0.25) is 0 Å². The number of benzene rings is 1. The van der Waals surface area contributed by atoms with E-state index in [1.165, 1.54) is 13.1 Å². The monoisotopic (exact) mass is 284 g/mol. The summed E-state index contributed by atoms with van der Waals surface area (Å²) in [6, 6.07) is 10.0. The molecule has 1 amide bonds. The molecule has 0 aliphatic heterocycles. The number of ketones is 1. The van der Waals surface area contributed by atoms with Gasteiger partial charge in [-0.25, -0.2) is 4.98 Å². The van der Waals surface area contributed by atoms with Crippen molar-refractivity contribution in [1.82, 2.24) is 4.98 Å². The lowest BCUT2D eigenvalue weighted by atomic mass is 10.1. The van der Waals surface area contributed by atoms with Crippen molar-refractivity contribution >= 4 is 17.4 Å². The Morgan fingerprint density at radius 2 is 2.00 bits per heavy atom. The predicted octanol–water partition coefficient (Wildman–Crippen LogP) is 2.94.